The zero-order valence-electron chi connectivity index (χ0n) is 43.4. The molecule has 8 nitrogen and oxygen atoms in total. The van der Waals surface area contributed by atoms with Gasteiger partial charge in [-0.05, 0) is 184 Å². The van der Waals surface area contributed by atoms with E-state index >= 15 is 9.59 Å². The van der Waals surface area contributed by atoms with Crippen LogP contribution in [0.1, 0.15) is 167 Å². The molecule has 0 amide bonds. The second-order valence-corrected chi connectivity index (χ2v) is 26.9. The van der Waals surface area contributed by atoms with Crippen molar-refractivity contribution < 1.29 is 24.2 Å². The third-order valence-corrected chi connectivity index (χ3v) is 24.0. The molecule has 8 heteroatoms. The quantitative estimate of drug-likeness (QED) is 0.286. The monoisotopic (exact) mass is 980 g/mol. The highest BCUT2D eigenvalue weighted by molar-refractivity contribution is 6.00. The first kappa shape index (κ1) is 44.9. The van der Waals surface area contributed by atoms with Crippen molar-refractivity contribution in [3.63, 3.8) is 0 Å². The van der Waals surface area contributed by atoms with E-state index in [0.29, 0.717) is 84.6 Å². The van der Waals surface area contributed by atoms with Gasteiger partial charge >= 0.3 is 11.9 Å². The Morgan fingerprint density at radius 3 is 2.62 bits per heavy atom. The Morgan fingerprint density at radius 2 is 1.74 bits per heavy atom. The summed E-state index contributed by atoms with van der Waals surface area (Å²) < 4.78 is 14.7. The Bertz CT molecular complexity index is 2930. The van der Waals surface area contributed by atoms with Crippen LogP contribution in [-0.2, 0) is 39.1 Å². The molecule has 9 heterocycles. The maximum Gasteiger partial charge on any atom is 0.339 e. The molecular formula is C65H77N3O5. The molecule has 19 rings (SSSR count). The largest absolute Gasteiger partial charge is 0.509 e. The number of hydrogen-bond acceptors (Lipinski definition) is 8. The highest BCUT2D eigenvalue weighted by Crippen LogP contribution is 2.87. The van der Waals surface area contributed by atoms with E-state index in [9.17, 15) is 5.11 Å². The smallest absolute Gasteiger partial charge is 0.339 e. The first-order valence-electron chi connectivity index (χ1n) is 29.8. The van der Waals surface area contributed by atoms with Crippen LogP contribution >= 0.6 is 0 Å². The molecule has 0 radical (unpaired) electrons. The van der Waals surface area contributed by atoms with Crippen LogP contribution < -0.4 is 5.73 Å². The number of nitrogens with zero attached hydrogens (tertiary/aromatic N) is 2. The summed E-state index contributed by atoms with van der Waals surface area (Å²) in [5.74, 6) is 2.68. The first-order valence-corrected chi connectivity index (χ1v) is 29.8. The number of benzene rings is 2. The van der Waals surface area contributed by atoms with Crippen molar-refractivity contribution in [3.05, 3.63) is 121 Å². The van der Waals surface area contributed by atoms with Gasteiger partial charge in [0.1, 0.15) is 11.2 Å². The number of allylic oxidation sites excluding steroid dienone is 5. The van der Waals surface area contributed by atoms with Crippen LogP contribution in [0.25, 0.3) is 6.08 Å². The summed E-state index contributed by atoms with van der Waals surface area (Å²) in [4.78, 5) is 37.8. The molecule has 9 aliphatic heterocycles. The van der Waals surface area contributed by atoms with Crippen LogP contribution in [0.4, 0.5) is 0 Å². The molecule has 15 bridgehead atoms. The van der Waals surface area contributed by atoms with Crippen LogP contribution in [0.3, 0.4) is 0 Å². The van der Waals surface area contributed by atoms with Crippen molar-refractivity contribution in [3.8, 4) is 0 Å². The summed E-state index contributed by atoms with van der Waals surface area (Å²) in [5.41, 5.74) is 17.3. The van der Waals surface area contributed by atoms with Gasteiger partial charge in [-0.25, -0.2) is 4.79 Å². The van der Waals surface area contributed by atoms with Crippen LogP contribution in [0.2, 0.25) is 0 Å². The van der Waals surface area contributed by atoms with Gasteiger partial charge in [0.2, 0.25) is 0 Å². The van der Waals surface area contributed by atoms with E-state index in [0.717, 1.165) is 75.7 Å². The Morgan fingerprint density at radius 1 is 0.890 bits per heavy atom. The van der Waals surface area contributed by atoms with Gasteiger partial charge in [0, 0.05) is 61.2 Å². The van der Waals surface area contributed by atoms with Gasteiger partial charge in [-0.3, -0.25) is 9.69 Å². The molecule has 17 aliphatic rings. The number of rotatable bonds is 5. The van der Waals surface area contributed by atoms with Gasteiger partial charge in [0.15, 0.2) is 11.4 Å². The Kier molecular flexibility index (Phi) is 9.73. The molecular weight excluding hydrogens is 903 g/mol. The lowest BCUT2D eigenvalue weighted by Gasteiger charge is -2.71. The number of nitrogens with two attached hydrogens (primary N) is 1. The summed E-state index contributed by atoms with van der Waals surface area (Å²) in [5, 5.41) is 13.8. The lowest BCUT2D eigenvalue weighted by Crippen LogP contribution is -2.77. The molecule has 4 spiro atoms. The predicted octanol–water partition coefficient (Wildman–Crippen LogP) is 12.0. The van der Waals surface area contributed by atoms with Crippen molar-refractivity contribution in [1.29, 1.82) is 0 Å². The molecule has 3 saturated carbocycles. The number of aliphatic hydroxyl groups excluding tert-OH is 1. The average Bonchev–Trinajstić information content (AvgIpc) is 4.13. The summed E-state index contributed by atoms with van der Waals surface area (Å²) in [6.45, 7) is 6.33. The van der Waals surface area contributed by atoms with Gasteiger partial charge in [0.25, 0.3) is 0 Å². The van der Waals surface area contributed by atoms with Gasteiger partial charge in [-0.1, -0.05) is 104 Å². The molecule has 14 unspecified atom stereocenters. The molecule has 73 heavy (non-hydrogen) atoms. The average molecular weight is 980 g/mol. The predicted molar refractivity (Wildman–Crippen MR) is 282 cm³/mol. The van der Waals surface area contributed by atoms with E-state index in [4.69, 9.17) is 15.2 Å². The molecule has 6 fully saturated rings. The minimum absolute atomic E-state index is 0.133. The number of esters is 2. The first-order chi connectivity index (χ1) is 35.7. The van der Waals surface area contributed by atoms with Crippen LogP contribution in [0, 0.1) is 63.6 Å². The molecule has 2 aromatic rings. The van der Waals surface area contributed by atoms with E-state index in [1.54, 1.807) is 11.3 Å². The second-order valence-electron chi connectivity index (χ2n) is 26.9. The molecule has 3 N–H and O–H groups in total. The highest BCUT2D eigenvalue weighted by Gasteiger charge is 2.93. The van der Waals surface area contributed by atoms with E-state index in [-0.39, 0.29) is 35.6 Å². The highest BCUT2D eigenvalue weighted by atomic mass is 16.6. The molecule has 14 atom stereocenters. The fourth-order valence-corrected chi connectivity index (χ4v) is 21.6. The minimum atomic E-state index is -1.21. The van der Waals surface area contributed by atoms with Crippen molar-refractivity contribution in [2.24, 2.45) is 69.3 Å². The van der Waals surface area contributed by atoms with Crippen molar-refractivity contribution in [2.75, 3.05) is 26.2 Å². The number of hydrogen-bond donors (Lipinski definition) is 2. The molecule has 3 saturated heterocycles. The van der Waals surface area contributed by atoms with Gasteiger partial charge in [-0.15, -0.1) is 0 Å². The topological polar surface area (TPSA) is 105 Å². The molecule has 0 aromatic heterocycles. The minimum Gasteiger partial charge on any atom is -0.509 e. The Labute approximate surface area is 433 Å². The normalized spacial score (nSPS) is 41.7. The molecule has 2 aromatic carbocycles. The number of fused-ring (bicyclic) bond motifs is 5. The van der Waals surface area contributed by atoms with Gasteiger partial charge in [0.05, 0.1) is 11.0 Å². The lowest BCUT2D eigenvalue weighted by molar-refractivity contribution is -0.277. The fourth-order valence-electron chi connectivity index (χ4n) is 21.6. The van der Waals surface area contributed by atoms with Crippen LogP contribution in [0.5, 0.6) is 0 Å². The van der Waals surface area contributed by atoms with E-state index in [1.165, 1.54) is 104 Å². The van der Waals surface area contributed by atoms with E-state index < -0.39 is 22.3 Å². The summed E-state index contributed by atoms with van der Waals surface area (Å²) in [6, 6.07) is 14.1. The van der Waals surface area contributed by atoms with Crippen LogP contribution in [0.15, 0.2) is 88.1 Å². The maximum atomic E-state index is 16.6. The molecule has 8 aliphatic carbocycles. The maximum absolute atomic E-state index is 16.6. The lowest BCUT2D eigenvalue weighted by atomic mass is 9.28. The standard InChI is InChI=1S/C65H77N3O5/c1-37-27-43-18-20-52-45-28-39-34-67(36-45)47(32-46-13-2-3-22-62(46)23-4-5-24-62)33-53(69)59-63-25-21-49-51-31-44(55(37)57(49)58(43)68(52)35-39)30-42-11-6-9-40-17-15-38(16-19-48(40)42)29-54(64(51,63)61(71)72-59)65(63)50-14-7-10-41(12-8-26-66)56(50)60(70)73-65/h6-7,9-11,14,16,19,31,37-39,45-47,52,54-55,57,69H,2-5,8,12-13,15,17-18,20-30,32-36,66H2,1H3. The third-order valence-electron chi connectivity index (χ3n) is 24.0. The number of carbonyl (C=O) groups excluding carboxylic acids is 2. The SMILES string of the molecule is CC1CC2=C3C4C5=C6C=C(Cc7cccc8c7C=CC(CC8)CC7C68C(=O)OC(=C(O)CC(CC6CCCCC69CCCC9)N6CC9CC(C6)C(CC2)N3C9)C8(CC5)C72OC(=O)c3c(CCCN)cccc32)C14. The fraction of sp³-hybridized carbons (Fsp3) is 0.631. The number of carbonyl (C=O) groups is 2. The van der Waals surface area contributed by atoms with Crippen molar-refractivity contribution in [1.82, 2.24) is 9.80 Å². The van der Waals surface area contributed by atoms with E-state index in [1.807, 2.05) is 0 Å². The summed E-state index contributed by atoms with van der Waals surface area (Å²) >= 11 is 0. The van der Waals surface area contributed by atoms with Crippen molar-refractivity contribution >= 4 is 18.0 Å². The van der Waals surface area contributed by atoms with Gasteiger partial charge in [-0.2, -0.15) is 0 Å². The van der Waals surface area contributed by atoms with Gasteiger partial charge < -0.3 is 25.2 Å². The summed E-state index contributed by atoms with van der Waals surface area (Å²) in [6.07, 6.45) is 30.8. The van der Waals surface area contributed by atoms with Crippen molar-refractivity contribution in [2.45, 2.75) is 166 Å². The second kappa shape index (κ2) is 15.8. The Balaban J connectivity index is 0.981. The zero-order valence-corrected chi connectivity index (χ0v) is 43.4. The number of ether oxygens (including phenoxy) is 2. The summed E-state index contributed by atoms with van der Waals surface area (Å²) in [7, 11) is 0. The zero-order chi connectivity index (χ0) is 48.8. The van der Waals surface area contributed by atoms with E-state index in [2.05, 4.69) is 71.3 Å². The van der Waals surface area contributed by atoms with Crippen LogP contribution in [-0.4, -0.2) is 65.1 Å². The number of aliphatic hydroxyl groups is 1. The number of aryl methyl sites for hydroxylation is 2. The molecule has 382 valence electrons. The Hall–Kier alpha value is -4.40. The number of piperidine rings is 2. The third kappa shape index (κ3) is 5.67.